The van der Waals surface area contributed by atoms with E-state index in [0.29, 0.717) is 0 Å². The van der Waals surface area contributed by atoms with Crippen molar-refractivity contribution < 1.29 is 0 Å². The fourth-order valence-corrected chi connectivity index (χ4v) is 1.40. The van der Waals surface area contributed by atoms with Gasteiger partial charge in [0.05, 0.1) is 0 Å². The minimum absolute atomic E-state index is 1.01. The van der Waals surface area contributed by atoms with Crippen LogP contribution in [0.1, 0.15) is 24.6 Å². The van der Waals surface area contributed by atoms with E-state index in [9.17, 15) is 0 Å². The molecule has 0 aliphatic rings. The van der Waals surface area contributed by atoms with Gasteiger partial charge in [0.25, 0.3) is 0 Å². The molecule has 0 unspecified atom stereocenters. The van der Waals surface area contributed by atoms with Crippen molar-refractivity contribution in [2.45, 2.75) is 13.3 Å². The van der Waals surface area contributed by atoms with Crippen molar-refractivity contribution in [3.63, 3.8) is 0 Å². The van der Waals surface area contributed by atoms with Gasteiger partial charge in [-0.15, -0.1) is 0 Å². The van der Waals surface area contributed by atoms with E-state index in [0.717, 1.165) is 6.42 Å². The second-order valence-electron chi connectivity index (χ2n) is 3.25. The summed E-state index contributed by atoms with van der Waals surface area (Å²) in [5.41, 5.74) is 3.60. The lowest BCUT2D eigenvalue weighted by Gasteiger charge is -2.02. The predicted molar refractivity (Wildman–Crippen MR) is 64.0 cm³/mol. The number of aromatic nitrogens is 1. The minimum Gasteiger partial charge on any atom is -0.351 e. The third-order valence-corrected chi connectivity index (χ3v) is 2.37. The summed E-state index contributed by atoms with van der Waals surface area (Å²) in [6, 6.07) is 2.06. The lowest BCUT2D eigenvalue weighted by atomic mass is 10.1. The molecular formula is C13H17N. The highest BCUT2D eigenvalue weighted by molar-refractivity contribution is 5.65. The molecule has 1 heteroatoms. The monoisotopic (exact) mass is 187 g/mol. The van der Waals surface area contributed by atoms with Gasteiger partial charge in [-0.3, -0.25) is 0 Å². The molecular weight excluding hydrogens is 170 g/mol. The zero-order valence-electron chi connectivity index (χ0n) is 8.96. The van der Waals surface area contributed by atoms with Crippen LogP contribution in [-0.4, -0.2) is 4.57 Å². The second-order valence-corrected chi connectivity index (χ2v) is 3.25. The van der Waals surface area contributed by atoms with Crippen LogP contribution in [0, 0.1) is 0 Å². The van der Waals surface area contributed by atoms with Crippen molar-refractivity contribution in [2.24, 2.45) is 7.05 Å². The van der Waals surface area contributed by atoms with Crippen LogP contribution in [0.2, 0.25) is 0 Å². The molecule has 1 aromatic rings. The van der Waals surface area contributed by atoms with Gasteiger partial charge in [0, 0.05) is 18.9 Å². The molecule has 0 atom stereocenters. The molecule has 1 heterocycles. The number of rotatable bonds is 4. The van der Waals surface area contributed by atoms with Crippen LogP contribution in [0.4, 0.5) is 0 Å². The minimum atomic E-state index is 1.01. The molecule has 0 aromatic carbocycles. The van der Waals surface area contributed by atoms with E-state index in [4.69, 9.17) is 0 Å². The lowest BCUT2D eigenvalue weighted by molar-refractivity contribution is 0.912. The third-order valence-electron chi connectivity index (χ3n) is 2.37. The summed E-state index contributed by atoms with van der Waals surface area (Å²) < 4.78 is 2.09. The van der Waals surface area contributed by atoms with E-state index in [1.54, 1.807) is 0 Å². The van der Waals surface area contributed by atoms with E-state index in [-0.39, 0.29) is 0 Å². The van der Waals surface area contributed by atoms with E-state index in [2.05, 4.69) is 36.8 Å². The largest absolute Gasteiger partial charge is 0.351 e. The molecule has 0 saturated carbocycles. The normalized spacial score (nSPS) is 11.4. The van der Waals surface area contributed by atoms with Crippen LogP contribution in [0.25, 0.3) is 12.2 Å². The van der Waals surface area contributed by atoms with Crippen molar-refractivity contribution in [3.8, 4) is 0 Å². The molecule has 0 N–H and O–H groups in total. The first-order valence-corrected chi connectivity index (χ1v) is 4.83. The quantitative estimate of drug-likeness (QED) is 0.634. The Morgan fingerprint density at radius 1 is 1.50 bits per heavy atom. The molecule has 74 valence electrons. The van der Waals surface area contributed by atoms with Gasteiger partial charge in [-0.1, -0.05) is 32.2 Å². The zero-order chi connectivity index (χ0) is 10.6. The molecule has 1 rings (SSSR count). The maximum Gasteiger partial charge on any atom is 0.0480 e. The molecule has 1 aromatic heterocycles. The van der Waals surface area contributed by atoms with Crippen molar-refractivity contribution in [3.05, 3.63) is 48.3 Å². The fraction of sp³-hybridized carbons (Fsp3) is 0.231. The maximum atomic E-state index is 3.80. The topological polar surface area (TPSA) is 4.93 Å². The first-order chi connectivity index (χ1) is 6.72. The summed E-state index contributed by atoms with van der Waals surface area (Å²) >= 11 is 0. The summed E-state index contributed by atoms with van der Waals surface area (Å²) in [5.74, 6) is 0. The first-order valence-electron chi connectivity index (χ1n) is 4.83. The smallest absolute Gasteiger partial charge is 0.0480 e. The Labute approximate surface area is 86.1 Å². The lowest BCUT2D eigenvalue weighted by Crippen LogP contribution is -1.90. The van der Waals surface area contributed by atoms with E-state index in [1.165, 1.54) is 16.8 Å². The molecule has 0 saturated heterocycles. The Kier molecular flexibility index (Phi) is 3.52. The van der Waals surface area contributed by atoms with Crippen LogP contribution in [0.3, 0.4) is 0 Å². The Bertz CT molecular complexity index is 367. The van der Waals surface area contributed by atoms with Gasteiger partial charge in [-0.2, -0.15) is 0 Å². The highest BCUT2D eigenvalue weighted by Crippen LogP contribution is 2.16. The van der Waals surface area contributed by atoms with Crippen LogP contribution >= 0.6 is 0 Å². The number of hydrogen-bond donors (Lipinski definition) is 0. The van der Waals surface area contributed by atoms with Crippen LogP contribution in [-0.2, 0) is 7.05 Å². The average Bonchev–Trinajstić information content (AvgIpc) is 2.56. The SMILES string of the molecule is C=C/C(=C\c1c(C=C)ccn1C)CC. The zero-order valence-corrected chi connectivity index (χ0v) is 8.96. The predicted octanol–water partition coefficient (Wildman–Crippen LogP) is 3.65. The summed E-state index contributed by atoms with van der Waals surface area (Å²) in [5, 5.41) is 0. The molecule has 0 aliphatic heterocycles. The van der Waals surface area contributed by atoms with Gasteiger partial charge in [0.2, 0.25) is 0 Å². The Hall–Kier alpha value is -1.50. The molecule has 0 fully saturated rings. The number of hydrogen-bond acceptors (Lipinski definition) is 0. The van der Waals surface area contributed by atoms with Crippen LogP contribution in [0.15, 0.2) is 37.1 Å². The molecule has 0 spiro atoms. The van der Waals surface area contributed by atoms with Crippen LogP contribution in [0.5, 0.6) is 0 Å². The molecule has 0 aliphatic carbocycles. The molecule has 0 radical (unpaired) electrons. The Morgan fingerprint density at radius 2 is 2.21 bits per heavy atom. The maximum absolute atomic E-state index is 3.80. The molecule has 0 amide bonds. The van der Waals surface area contributed by atoms with Crippen molar-refractivity contribution in [2.75, 3.05) is 0 Å². The van der Waals surface area contributed by atoms with Crippen LogP contribution < -0.4 is 0 Å². The van der Waals surface area contributed by atoms with Gasteiger partial charge in [-0.05, 0) is 29.7 Å². The molecule has 14 heavy (non-hydrogen) atoms. The Balaban J connectivity index is 3.16. The summed E-state index contributed by atoms with van der Waals surface area (Å²) in [6.07, 6.45) is 8.98. The highest BCUT2D eigenvalue weighted by atomic mass is 14.9. The number of nitrogens with zero attached hydrogens (tertiary/aromatic N) is 1. The summed E-state index contributed by atoms with van der Waals surface area (Å²) in [7, 11) is 2.04. The number of allylic oxidation sites excluding steroid dienone is 2. The highest BCUT2D eigenvalue weighted by Gasteiger charge is 2.00. The summed E-state index contributed by atoms with van der Waals surface area (Å²) in [4.78, 5) is 0. The van der Waals surface area contributed by atoms with Gasteiger partial charge in [0.15, 0.2) is 0 Å². The van der Waals surface area contributed by atoms with Crippen molar-refractivity contribution in [1.82, 2.24) is 4.57 Å². The van der Waals surface area contributed by atoms with Gasteiger partial charge >= 0.3 is 0 Å². The first kappa shape index (κ1) is 10.6. The second kappa shape index (κ2) is 4.66. The van der Waals surface area contributed by atoms with E-state index < -0.39 is 0 Å². The fourth-order valence-electron chi connectivity index (χ4n) is 1.40. The Morgan fingerprint density at radius 3 is 2.71 bits per heavy atom. The van der Waals surface area contributed by atoms with Crippen molar-refractivity contribution >= 4 is 12.2 Å². The molecule has 0 bridgehead atoms. The van der Waals surface area contributed by atoms with Gasteiger partial charge in [0.1, 0.15) is 0 Å². The van der Waals surface area contributed by atoms with Gasteiger partial charge < -0.3 is 4.57 Å². The standard InChI is InChI=1S/C13H17N/c1-5-11(6-2)10-13-12(7-3)8-9-14(13)4/h5,7-10H,1,3,6H2,2,4H3/b11-10+. The molecule has 1 nitrogen and oxygen atoms in total. The summed E-state index contributed by atoms with van der Waals surface area (Å²) in [6.45, 7) is 9.72. The van der Waals surface area contributed by atoms with E-state index in [1.807, 2.05) is 25.4 Å². The number of aryl methyl sites for hydroxylation is 1. The van der Waals surface area contributed by atoms with Gasteiger partial charge in [-0.25, -0.2) is 0 Å². The third kappa shape index (κ3) is 2.05. The average molecular weight is 187 g/mol. The van der Waals surface area contributed by atoms with Crippen molar-refractivity contribution in [1.29, 1.82) is 0 Å². The van der Waals surface area contributed by atoms with E-state index >= 15 is 0 Å².